The number of imidazole rings is 1. The summed E-state index contributed by atoms with van der Waals surface area (Å²) in [5.74, 6) is -1.64. The fraction of sp³-hybridized carbons (Fsp3) is 0.321. The minimum atomic E-state index is -4.63. The van der Waals surface area contributed by atoms with Crippen LogP contribution in [0.25, 0.3) is 16.8 Å². The summed E-state index contributed by atoms with van der Waals surface area (Å²) in [6.45, 7) is 3.41. The smallest absolute Gasteiger partial charge is 0.382 e. The largest absolute Gasteiger partial charge is 0.416 e. The van der Waals surface area contributed by atoms with Gasteiger partial charge in [0.25, 0.3) is 5.91 Å². The number of nitrogen functional groups attached to an aromatic ring is 1. The number of nitrogens with two attached hydrogens (primary N) is 1. The van der Waals surface area contributed by atoms with Crippen LogP contribution in [0.2, 0.25) is 0 Å². The van der Waals surface area contributed by atoms with Crippen molar-refractivity contribution in [3.05, 3.63) is 71.7 Å². The highest BCUT2D eigenvalue weighted by Gasteiger charge is 2.45. The van der Waals surface area contributed by atoms with Gasteiger partial charge in [0, 0.05) is 36.3 Å². The van der Waals surface area contributed by atoms with Gasteiger partial charge in [0.2, 0.25) is 5.91 Å². The van der Waals surface area contributed by atoms with Crippen LogP contribution < -0.4 is 11.1 Å². The van der Waals surface area contributed by atoms with Gasteiger partial charge < -0.3 is 25.4 Å². The molecule has 43 heavy (non-hydrogen) atoms. The number of halogens is 4. The fourth-order valence-electron chi connectivity index (χ4n) is 5.12. The van der Waals surface area contributed by atoms with Gasteiger partial charge >= 0.3 is 6.18 Å². The molecule has 2 aliphatic rings. The van der Waals surface area contributed by atoms with E-state index >= 15 is 4.39 Å². The SMILES string of the molecule is CC1(C(=O)N2CCO[C@@H](c3nc(-c4ccc(C(=O)Nc5cc(C(F)(F)F)ccn5)cc4F)c4c(N)nccn34)C2)COC1. The Bertz CT molecular complexity index is 1740. The summed E-state index contributed by atoms with van der Waals surface area (Å²) in [6, 6.07) is 5.01. The first-order valence-corrected chi connectivity index (χ1v) is 13.2. The van der Waals surface area contributed by atoms with Crippen LogP contribution in [0, 0.1) is 11.2 Å². The van der Waals surface area contributed by atoms with Crippen LogP contribution in [0.1, 0.15) is 34.8 Å². The average Bonchev–Trinajstić information content (AvgIpc) is 3.36. The summed E-state index contributed by atoms with van der Waals surface area (Å²) in [4.78, 5) is 40.1. The number of rotatable bonds is 5. The van der Waals surface area contributed by atoms with Crippen LogP contribution in [0.3, 0.4) is 0 Å². The van der Waals surface area contributed by atoms with Gasteiger partial charge in [-0.25, -0.2) is 19.3 Å². The number of morpholine rings is 1. The number of ether oxygens (including phenoxy) is 2. The Morgan fingerprint density at radius 3 is 2.63 bits per heavy atom. The van der Waals surface area contributed by atoms with Crippen LogP contribution in [-0.4, -0.2) is 69.0 Å². The van der Waals surface area contributed by atoms with E-state index in [1.54, 1.807) is 15.5 Å². The van der Waals surface area contributed by atoms with Crippen molar-refractivity contribution in [2.75, 3.05) is 44.0 Å². The molecular formula is C28H25F4N7O4. The Balaban J connectivity index is 1.29. The van der Waals surface area contributed by atoms with Crippen molar-refractivity contribution in [3.63, 3.8) is 0 Å². The summed E-state index contributed by atoms with van der Waals surface area (Å²) < 4.78 is 67.5. The van der Waals surface area contributed by atoms with Crippen molar-refractivity contribution < 1.29 is 36.6 Å². The van der Waals surface area contributed by atoms with Crippen LogP contribution in [0.4, 0.5) is 29.2 Å². The lowest BCUT2D eigenvalue weighted by molar-refractivity contribution is -0.175. The molecule has 1 aromatic carbocycles. The number of pyridine rings is 1. The normalized spacial score (nSPS) is 18.3. The molecule has 1 atom stereocenters. The summed E-state index contributed by atoms with van der Waals surface area (Å²) in [5.41, 5.74) is 4.88. The maximum Gasteiger partial charge on any atom is 0.416 e. The summed E-state index contributed by atoms with van der Waals surface area (Å²) in [5, 5.41) is 2.25. The van der Waals surface area contributed by atoms with Gasteiger partial charge in [0.05, 0.1) is 37.3 Å². The third kappa shape index (κ3) is 5.25. The Kier molecular flexibility index (Phi) is 7.01. The van der Waals surface area contributed by atoms with Crippen LogP contribution in [-0.2, 0) is 20.4 Å². The molecule has 6 rings (SSSR count). The Labute approximate surface area is 241 Å². The molecule has 3 N–H and O–H groups in total. The van der Waals surface area contributed by atoms with Gasteiger partial charge in [-0.15, -0.1) is 0 Å². The van der Waals surface area contributed by atoms with Crippen molar-refractivity contribution >= 4 is 29.0 Å². The molecule has 4 aromatic rings. The van der Waals surface area contributed by atoms with Crippen molar-refractivity contribution in [3.8, 4) is 11.3 Å². The molecule has 2 aliphatic heterocycles. The third-order valence-corrected chi connectivity index (χ3v) is 7.42. The lowest BCUT2D eigenvalue weighted by Gasteiger charge is -2.42. The van der Waals surface area contributed by atoms with Gasteiger partial charge in [-0.2, -0.15) is 13.2 Å². The van der Waals surface area contributed by atoms with Gasteiger partial charge in [-0.1, -0.05) is 0 Å². The number of amides is 2. The number of carbonyl (C=O) groups is 2. The summed E-state index contributed by atoms with van der Waals surface area (Å²) in [6.07, 6.45) is -1.31. The maximum absolute atomic E-state index is 15.6. The number of carbonyl (C=O) groups excluding carboxylic acids is 2. The molecule has 2 saturated heterocycles. The number of fused-ring (bicyclic) bond motifs is 1. The Hall–Kier alpha value is -4.63. The molecule has 3 aromatic heterocycles. The number of nitrogens with one attached hydrogen (secondary N) is 1. The molecule has 0 spiro atoms. The number of alkyl halides is 3. The van der Waals surface area contributed by atoms with E-state index in [9.17, 15) is 22.8 Å². The third-order valence-electron chi connectivity index (χ3n) is 7.42. The summed E-state index contributed by atoms with van der Waals surface area (Å²) >= 11 is 0. The predicted molar refractivity (Wildman–Crippen MR) is 144 cm³/mol. The number of hydrogen-bond acceptors (Lipinski definition) is 8. The lowest BCUT2D eigenvalue weighted by atomic mass is 9.86. The first-order chi connectivity index (χ1) is 20.4. The zero-order valence-corrected chi connectivity index (χ0v) is 22.7. The first-order valence-electron chi connectivity index (χ1n) is 13.2. The Morgan fingerprint density at radius 1 is 1.14 bits per heavy atom. The van der Waals surface area contributed by atoms with E-state index in [0.717, 1.165) is 18.3 Å². The van der Waals surface area contributed by atoms with Crippen molar-refractivity contribution in [2.24, 2.45) is 5.41 Å². The quantitative estimate of drug-likeness (QED) is 0.332. The molecule has 5 heterocycles. The molecular weight excluding hydrogens is 574 g/mol. The number of hydrogen-bond donors (Lipinski definition) is 2. The minimum Gasteiger partial charge on any atom is -0.382 e. The monoisotopic (exact) mass is 599 g/mol. The van der Waals surface area contributed by atoms with Crippen LogP contribution in [0.5, 0.6) is 0 Å². The molecule has 2 fully saturated rings. The van der Waals surface area contributed by atoms with E-state index in [1.807, 2.05) is 6.92 Å². The maximum atomic E-state index is 15.6. The number of nitrogens with zero attached hydrogens (tertiary/aromatic N) is 5. The second kappa shape index (κ2) is 10.6. The van der Waals surface area contributed by atoms with Crippen molar-refractivity contribution in [1.29, 1.82) is 0 Å². The summed E-state index contributed by atoms with van der Waals surface area (Å²) in [7, 11) is 0. The highest BCUT2D eigenvalue weighted by Crippen LogP contribution is 2.36. The average molecular weight is 600 g/mol. The van der Waals surface area contributed by atoms with E-state index in [4.69, 9.17) is 15.2 Å². The van der Waals surface area contributed by atoms with Crippen molar-refractivity contribution in [1.82, 2.24) is 24.3 Å². The predicted octanol–water partition coefficient (Wildman–Crippen LogP) is 3.72. The molecule has 11 nitrogen and oxygen atoms in total. The second-order valence-electron chi connectivity index (χ2n) is 10.6. The molecule has 0 radical (unpaired) electrons. The highest BCUT2D eigenvalue weighted by molar-refractivity contribution is 6.04. The molecule has 224 valence electrons. The van der Waals surface area contributed by atoms with Gasteiger partial charge in [0.1, 0.15) is 40.6 Å². The molecule has 2 amide bonds. The van der Waals surface area contributed by atoms with Crippen LogP contribution in [0.15, 0.2) is 48.9 Å². The number of anilines is 2. The van der Waals surface area contributed by atoms with E-state index in [1.165, 1.54) is 18.3 Å². The van der Waals surface area contributed by atoms with Gasteiger partial charge in [-0.3, -0.25) is 14.0 Å². The minimum absolute atomic E-state index is 0.0000589. The Morgan fingerprint density at radius 2 is 1.93 bits per heavy atom. The molecule has 0 unspecified atom stereocenters. The number of benzene rings is 1. The van der Waals surface area contributed by atoms with E-state index < -0.39 is 35.0 Å². The van der Waals surface area contributed by atoms with E-state index in [-0.39, 0.29) is 47.5 Å². The second-order valence-corrected chi connectivity index (χ2v) is 10.6. The molecule has 0 bridgehead atoms. The zero-order valence-electron chi connectivity index (χ0n) is 22.7. The molecule has 15 heteroatoms. The van der Waals surface area contributed by atoms with E-state index in [0.29, 0.717) is 37.2 Å². The first kappa shape index (κ1) is 28.5. The van der Waals surface area contributed by atoms with Crippen LogP contribution >= 0.6 is 0 Å². The topological polar surface area (TPSA) is 137 Å². The fourth-order valence-corrected chi connectivity index (χ4v) is 5.12. The standard InChI is InChI=1S/C28H25F4N7O4/c1-27(13-42-14-27)26(41)38-8-9-43-19(12-38)24-37-21(22-23(33)35-6-7-39(22)24)17-3-2-15(10-18(17)29)25(40)36-20-11-16(4-5-34-20)28(30,31)32/h2-7,10-11,19H,8-9,12-14H2,1H3,(H2,33,35)(H,34,36,40)/t19-/m1/s1. The molecule has 0 saturated carbocycles. The number of aromatic nitrogens is 4. The van der Waals surface area contributed by atoms with E-state index in [2.05, 4.69) is 20.3 Å². The lowest BCUT2D eigenvalue weighted by Crippen LogP contribution is -2.56. The van der Waals surface area contributed by atoms with Gasteiger partial charge in [0.15, 0.2) is 0 Å². The van der Waals surface area contributed by atoms with Crippen molar-refractivity contribution in [2.45, 2.75) is 19.2 Å². The van der Waals surface area contributed by atoms with Gasteiger partial charge in [-0.05, 0) is 37.3 Å². The zero-order chi connectivity index (χ0) is 30.5. The molecule has 0 aliphatic carbocycles. The highest BCUT2D eigenvalue weighted by atomic mass is 19.4.